The number of rotatable bonds is 4. The number of hydrogen-bond acceptors (Lipinski definition) is 2. The largest absolute Gasteiger partial charge is 0.396 e. The van der Waals surface area contributed by atoms with E-state index in [-0.39, 0.29) is 17.9 Å². The van der Waals surface area contributed by atoms with Crippen molar-refractivity contribution >= 4 is 5.69 Å². The Kier molecular flexibility index (Phi) is 3.76. The number of anilines is 1. The molecule has 0 saturated carbocycles. The van der Waals surface area contributed by atoms with E-state index in [0.717, 1.165) is 0 Å². The normalized spacial score (nSPS) is 10.9. The van der Waals surface area contributed by atoms with Crippen molar-refractivity contribution in [2.24, 2.45) is 0 Å². The lowest BCUT2D eigenvalue weighted by atomic mass is 10.2. The number of halogens is 3. The average Bonchev–Trinajstić information content (AvgIpc) is 2.12. The van der Waals surface area contributed by atoms with Crippen molar-refractivity contribution in [1.29, 1.82) is 0 Å². The van der Waals surface area contributed by atoms with Crippen LogP contribution in [-0.2, 0) is 11.3 Å². The highest BCUT2D eigenvalue weighted by Crippen LogP contribution is 2.15. The number of nitrogens with two attached hydrogens (primary N) is 1. The second-order valence-electron chi connectivity index (χ2n) is 2.73. The van der Waals surface area contributed by atoms with Crippen LogP contribution in [0.3, 0.4) is 0 Å². The van der Waals surface area contributed by atoms with Crippen molar-refractivity contribution in [1.82, 2.24) is 0 Å². The summed E-state index contributed by atoms with van der Waals surface area (Å²) in [5, 5.41) is 0. The highest BCUT2D eigenvalue weighted by atomic mass is 19.3. The van der Waals surface area contributed by atoms with Crippen LogP contribution in [0.4, 0.5) is 18.9 Å². The highest BCUT2D eigenvalue weighted by molar-refractivity contribution is 5.42. The second-order valence-corrected chi connectivity index (χ2v) is 2.73. The molecule has 0 unspecified atom stereocenters. The molecule has 1 aromatic rings. The van der Waals surface area contributed by atoms with E-state index in [9.17, 15) is 13.2 Å². The van der Waals surface area contributed by atoms with E-state index in [4.69, 9.17) is 5.73 Å². The molecule has 1 rings (SSSR count). The molecule has 0 atom stereocenters. The Morgan fingerprint density at radius 2 is 2.07 bits per heavy atom. The van der Waals surface area contributed by atoms with Gasteiger partial charge in [-0.25, -0.2) is 13.2 Å². The Morgan fingerprint density at radius 3 is 2.71 bits per heavy atom. The summed E-state index contributed by atoms with van der Waals surface area (Å²) < 4.78 is 41.1. The molecule has 0 aliphatic heterocycles. The third-order valence-electron chi connectivity index (χ3n) is 1.61. The molecule has 0 heterocycles. The van der Waals surface area contributed by atoms with Crippen molar-refractivity contribution < 1.29 is 17.9 Å². The van der Waals surface area contributed by atoms with Crippen LogP contribution in [-0.4, -0.2) is 13.0 Å². The summed E-state index contributed by atoms with van der Waals surface area (Å²) in [7, 11) is 0. The first-order valence-corrected chi connectivity index (χ1v) is 4.00. The van der Waals surface area contributed by atoms with Crippen LogP contribution in [0.1, 0.15) is 5.56 Å². The van der Waals surface area contributed by atoms with Crippen LogP contribution in [0.2, 0.25) is 0 Å². The standard InChI is InChI=1S/C9H10F3NO/c10-8(11)5-14-4-6-2-1-3-7(13)9(6)12/h1-3,8H,4-5,13H2. The van der Waals surface area contributed by atoms with Gasteiger partial charge in [0.2, 0.25) is 0 Å². The van der Waals surface area contributed by atoms with Crippen molar-refractivity contribution in [3.8, 4) is 0 Å². The van der Waals surface area contributed by atoms with Crippen LogP contribution >= 0.6 is 0 Å². The SMILES string of the molecule is Nc1cccc(COCC(F)F)c1F. The van der Waals surface area contributed by atoms with Gasteiger partial charge in [0.15, 0.2) is 5.82 Å². The molecule has 78 valence electrons. The average molecular weight is 205 g/mol. The second kappa shape index (κ2) is 4.85. The summed E-state index contributed by atoms with van der Waals surface area (Å²) in [5.41, 5.74) is 5.45. The van der Waals surface area contributed by atoms with E-state index in [0.29, 0.717) is 0 Å². The number of benzene rings is 1. The van der Waals surface area contributed by atoms with E-state index < -0.39 is 18.8 Å². The van der Waals surface area contributed by atoms with Gasteiger partial charge >= 0.3 is 0 Å². The predicted molar refractivity (Wildman–Crippen MR) is 46.5 cm³/mol. The summed E-state index contributed by atoms with van der Waals surface area (Å²) >= 11 is 0. The minimum atomic E-state index is -2.54. The summed E-state index contributed by atoms with van der Waals surface area (Å²) in [6, 6.07) is 4.38. The summed E-state index contributed by atoms with van der Waals surface area (Å²) in [4.78, 5) is 0. The molecule has 14 heavy (non-hydrogen) atoms. The molecule has 5 heteroatoms. The van der Waals surface area contributed by atoms with E-state index in [1.54, 1.807) is 6.07 Å². The van der Waals surface area contributed by atoms with Gasteiger partial charge in [-0.3, -0.25) is 0 Å². The molecule has 1 aromatic carbocycles. The highest BCUT2D eigenvalue weighted by Gasteiger charge is 2.07. The fourth-order valence-electron chi connectivity index (χ4n) is 0.969. The molecular formula is C9H10F3NO. The first-order chi connectivity index (χ1) is 6.61. The Bertz CT molecular complexity index is 304. The van der Waals surface area contributed by atoms with Gasteiger partial charge < -0.3 is 10.5 Å². The molecule has 2 nitrogen and oxygen atoms in total. The van der Waals surface area contributed by atoms with Gasteiger partial charge in [-0.2, -0.15) is 0 Å². The molecule has 0 bridgehead atoms. The van der Waals surface area contributed by atoms with Crippen LogP contribution in [0.25, 0.3) is 0 Å². The zero-order valence-corrected chi connectivity index (χ0v) is 7.34. The zero-order valence-electron chi connectivity index (χ0n) is 7.34. The molecule has 0 amide bonds. The van der Waals surface area contributed by atoms with Crippen molar-refractivity contribution in [2.45, 2.75) is 13.0 Å². The van der Waals surface area contributed by atoms with Crippen molar-refractivity contribution in [3.05, 3.63) is 29.6 Å². The molecule has 0 spiro atoms. The number of hydrogen-bond donors (Lipinski definition) is 1. The molecule has 2 N–H and O–H groups in total. The smallest absolute Gasteiger partial charge is 0.261 e. The maximum Gasteiger partial charge on any atom is 0.261 e. The summed E-state index contributed by atoms with van der Waals surface area (Å²) in [6.45, 7) is -0.893. The maximum atomic E-state index is 13.1. The summed E-state index contributed by atoms with van der Waals surface area (Å²) in [6.07, 6.45) is -2.54. The van der Waals surface area contributed by atoms with E-state index >= 15 is 0 Å². The lowest BCUT2D eigenvalue weighted by Crippen LogP contribution is -2.06. The number of ether oxygens (including phenoxy) is 1. The van der Waals surface area contributed by atoms with Gasteiger partial charge in [0.05, 0.1) is 12.3 Å². The molecule has 0 saturated heterocycles. The van der Waals surface area contributed by atoms with E-state index in [2.05, 4.69) is 4.74 Å². The first-order valence-electron chi connectivity index (χ1n) is 4.00. The number of nitrogen functional groups attached to an aromatic ring is 1. The lowest BCUT2D eigenvalue weighted by Gasteiger charge is -2.06. The maximum absolute atomic E-state index is 13.1. The van der Waals surface area contributed by atoms with E-state index in [1.165, 1.54) is 12.1 Å². The Hall–Kier alpha value is -1.23. The van der Waals surface area contributed by atoms with Gasteiger partial charge in [-0.05, 0) is 6.07 Å². The zero-order chi connectivity index (χ0) is 10.6. The van der Waals surface area contributed by atoms with Crippen LogP contribution in [0.15, 0.2) is 18.2 Å². The molecule has 0 radical (unpaired) electrons. The third kappa shape index (κ3) is 2.92. The molecule has 0 aliphatic carbocycles. The lowest BCUT2D eigenvalue weighted by molar-refractivity contribution is 0.00905. The van der Waals surface area contributed by atoms with Gasteiger partial charge in [0.25, 0.3) is 6.43 Å². The van der Waals surface area contributed by atoms with Crippen LogP contribution < -0.4 is 5.73 Å². The van der Waals surface area contributed by atoms with Crippen molar-refractivity contribution in [2.75, 3.05) is 12.3 Å². The summed E-state index contributed by atoms with van der Waals surface area (Å²) in [5.74, 6) is -0.609. The molecule has 0 fully saturated rings. The topological polar surface area (TPSA) is 35.2 Å². The predicted octanol–water partition coefficient (Wildman–Crippen LogP) is 2.19. The quantitative estimate of drug-likeness (QED) is 0.764. The van der Waals surface area contributed by atoms with E-state index in [1.807, 2.05) is 0 Å². The van der Waals surface area contributed by atoms with Gasteiger partial charge in [-0.15, -0.1) is 0 Å². The number of alkyl halides is 2. The first kappa shape index (κ1) is 10.8. The Balaban J connectivity index is 2.54. The van der Waals surface area contributed by atoms with Crippen LogP contribution in [0, 0.1) is 5.82 Å². The van der Waals surface area contributed by atoms with Crippen LogP contribution in [0.5, 0.6) is 0 Å². The molecule has 0 aromatic heterocycles. The fourth-order valence-corrected chi connectivity index (χ4v) is 0.969. The third-order valence-corrected chi connectivity index (χ3v) is 1.61. The minimum absolute atomic E-state index is 0.0110. The molecular weight excluding hydrogens is 195 g/mol. The molecule has 0 aliphatic rings. The van der Waals surface area contributed by atoms with Crippen molar-refractivity contribution in [3.63, 3.8) is 0 Å². The van der Waals surface area contributed by atoms with Gasteiger partial charge in [0.1, 0.15) is 6.61 Å². The van der Waals surface area contributed by atoms with Gasteiger partial charge in [-0.1, -0.05) is 12.1 Å². The monoisotopic (exact) mass is 205 g/mol. The van der Waals surface area contributed by atoms with Gasteiger partial charge in [0, 0.05) is 5.56 Å². The Labute approximate surface area is 79.5 Å². The minimum Gasteiger partial charge on any atom is -0.396 e. The fraction of sp³-hybridized carbons (Fsp3) is 0.333. The Morgan fingerprint density at radius 1 is 1.36 bits per heavy atom.